The van der Waals surface area contributed by atoms with Crippen molar-refractivity contribution in [1.29, 1.82) is 0 Å². The third-order valence-electron chi connectivity index (χ3n) is 8.37. The summed E-state index contributed by atoms with van der Waals surface area (Å²) in [5, 5.41) is 3.92. The first kappa shape index (κ1) is 32.1. The summed E-state index contributed by atoms with van der Waals surface area (Å²) in [6.07, 6.45) is 1.96. The number of para-hydroxylation sites is 1. The van der Waals surface area contributed by atoms with Gasteiger partial charge in [0.2, 0.25) is 0 Å². The summed E-state index contributed by atoms with van der Waals surface area (Å²) in [7, 11) is -0.955. The Labute approximate surface area is 252 Å². The number of ether oxygens (including phenoxy) is 1. The number of aromatic nitrogens is 2. The van der Waals surface area contributed by atoms with Gasteiger partial charge in [-0.1, -0.05) is 32.0 Å². The molecule has 2 aliphatic heterocycles. The second-order valence-electron chi connectivity index (χ2n) is 11.1. The molecule has 2 fully saturated rings. The molecule has 1 atom stereocenters. The molecule has 9 nitrogen and oxygen atoms in total. The lowest BCUT2D eigenvalue weighted by molar-refractivity contribution is 0.0408. The fourth-order valence-electron chi connectivity index (χ4n) is 6.03. The molecule has 4 heterocycles. The molecule has 230 valence electrons. The summed E-state index contributed by atoms with van der Waals surface area (Å²) in [4.78, 5) is 31.1. The first-order chi connectivity index (χ1) is 20.3. The number of rotatable bonds is 9. The molecule has 2 N–H and O–H groups in total. The molecule has 5 rings (SSSR count). The normalized spacial score (nSPS) is 17.5. The molecule has 42 heavy (non-hydrogen) atoms. The summed E-state index contributed by atoms with van der Waals surface area (Å²) in [6, 6.07) is 9.96. The second-order valence-corrected chi connectivity index (χ2v) is 12.6. The lowest BCUT2D eigenvalue weighted by Gasteiger charge is -2.32. The zero-order chi connectivity index (χ0) is 30.2. The van der Waals surface area contributed by atoms with Gasteiger partial charge in [0.1, 0.15) is 0 Å². The van der Waals surface area contributed by atoms with Crippen molar-refractivity contribution in [3.8, 4) is 0 Å². The Morgan fingerprint density at radius 3 is 2.45 bits per heavy atom. The van der Waals surface area contributed by atoms with Crippen molar-refractivity contribution >= 4 is 27.8 Å². The molecule has 0 bridgehead atoms. The molecule has 1 aromatic carbocycles. The van der Waals surface area contributed by atoms with Gasteiger partial charge in [-0.15, -0.1) is 0 Å². The van der Waals surface area contributed by atoms with E-state index in [2.05, 4.69) is 30.1 Å². The van der Waals surface area contributed by atoms with E-state index in [-0.39, 0.29) is 18.0 Å². The highest BCUT2D eigenvalue weighted by Gasteiger charge is 2.26. The fraction of sp³-hybridized carbons (Fsp3) is 0.562. The number of carbonyl (C=O) groups excluding carboxylic acids is 1. The van der Waals surface area contributed by atoms with Crippen LogP contribution in [0.3, 0.4) is 0 Å². The van der Waals surface area contributed by atoms with Crippen molar-refractivity contribution in [2.45, 2.75) is 60.5 Å². The highest BCUT2D eigenvalue weighted by molar-refractivity contribution is 7.82. The number of hydrogen-bond donors (Lipinski definition) is 2. The molecule has 2 aliphatic rings. The Balaban J connectivity index is 0.00000198. The zero-order valence-corrected chi connectivity index (χ0v) is 26.6. The van der Waals surface area contributed by atoms with E-state index in [1.807, 2.05) is 58.9 Å². The Morgan fingerprint density at radius 1 is 1.07 bits per heavy atom. The van der Waals surface area contributed by atoms with E-state index in [4.69, 9.17) is 4.74 Å². The average molecular weight is 598 g/mol. The maximum atomic E-state index is 13.5. The van der Waals surface area contributed by atoms with Crippen molar-refractivity contribution in [2.24, 2.45) is 5.92 Å². The first-order valence-corrected chi connectivity index (χ1v) is 16.6. The average Bonchev–Trinajstić information content (AvgIpc) is 3.28. The Hall–Kier alpha value is -2.79. The molecule has 3 aromatic rings. The molecule has 0 saturated carbocycles. The minimum absolute atomic E-state index is 0.162. The third kappa shape index (κ3) is 7.58. The van der Waals surface area contributed by atoms with Crippen LogP contribution in [0.2, 0.25) is 0 Å². The van der Waals surface area contributed by atoms with Gasteiger partial charge in [0, 0.05) is 73.7 Å². The quantitative estimate of drug-likeness (QED) is 0.390. The number of nitrogens with zero attached hydrogens (tertiary/aromatic N) is 3. The smallest absolute Gasteiger partial charge is 0.254 e. The van der Waals surface area contributed by atoms with E-state index < -0.39 is 11.0 Å². The van der Waals surface area contributed by atoms with Gasteiger partial charge in [-0.25, -0.2) is 8.51 Å². The molecule has 10 heteroatoms. The van der Waals surface area contributed by atoms with Crippen LogP contribution in [0.5, 0.6) is 0 Å². The van der Waals surface area contributed by atoms with Crippen molar-refractivity contribution in [2.75, 3.05) is 51.7 Å². The van der Waals surface area contributed by atoms with Gasteiger partial charge in [0.15, 0.2) is 0 Å². The maximum absolute atomic E-state index is 13.5. The van der Waals surface area contributed by atoms with Crippen LogP contribution in [-0.2, 0) is 28.8 Å². The highest BCUT2D eigenvalue weighted by atomic mass is 32.2. The van der Waals surface area contributed by atoms with E-state index in [9.17, 15) is 13.8 Å². The van der Waals surface area contributed by atoms with Crippen molar-refractivity contribution in [3.63, 3.8) is 0 Å². The predicted octanol–water partition coefficient (Wildman–Crippen LogP) is 3.92. The number of aromatic amines is 1. The van der Waals surface area contributed by atoms with Gasteiger partial charge in [0.05, 0.1) is 35.5 Å². The molecule has 2 saturated heterocycles. The number of amides is 1. The van der Waals surface area contributed by atoms with Crippen LogP contribution in [0.15, 0.2) is 35.1 Å². The minimum Gasteiger partial charge on any atom is -0.379 e. The summed E-state index contributed by atoms with van der Waals surface area (Å²) >= 11 is 0. The number of morpholine rings is 1. The second kappa shape index (κ2) is 15.1. The molecule has 2 aromatic heterocycles. The first-order valence-electron chi connectivity index (χ1n) is 15.3. The van der Waals surface area contributed by atoms with Crippen molar-refractivity contribution < 1.29 is 13.7 Å². The molecule has 1 amide bonds. The number of piperidine rings is 1. The van der Waals surface area contributed by atoms with Gasteiger partial charge in [0.25, 0.3) is 11.5 Å². The van der Waals surface area contributed by atoms with Crippen LogP contribution >= 0.6 is 0 Å². The van der Waals surface area contributed by atoms with E-state index >= 15 is 0 Å². The summed E-state index contributed by atoms with van der Waals surface area (Å²) in [5.41, 5.74) is 4.74. The number of aryl methyl sites for hydroxylation is 2. The standard InChI is InChI=1S/C30H41N5O4S.C2H6/c1-21-18-22(2)32-29(36)26(21)19-31-30(37)28-23(3)35(27-7-5-4-6-25(27)28)20-24-8-10-34(11-9-24)40(38)17-14-33-12-15-39-16-13-33;1-2/h4-7,18,24H,8-17,19-20H2,1-3H3,(H,31,37)(H,32,36);1-2H3. The van der Waals surface area contributed by atoms with E-state index in [1.165, 1.54) is 0 Å². The molecule has 0 radical (unpaired) electrons. The number of hydrogen-bond acceptors (Lipinski definition) is 5. The minimum atomic E-state index is -0.955. The number of nitrogens with one attached hydrogen (secondary N) is 2. The Morgan fingerprint density at radius 2 is 1.76 bits per heavy atom. The fourth-order valence-corrected chi connectivity index (χ4v) is 7.32. The molecule has 1 unspecified atom stereocenters. The molecule has 0 spiro atoms. The summed E-state index contributed by atoms with van der Waals surface area (Å²) in [6.45, 7) is 16.7. The van der Waals surface area contributed by atoms with Crippen LogP contribution in [0.4, 0.5) is 0 Å². The number of H-pyrrole nitrogens is 1. The lowest BCUT2D eigenvalue weighted by atomic mass is 9.98. The Kier molecular flexibility index (Phi) is 11.5. The van der Waals surface area contributed by atoms with Gasteiger partial charge in [-0.2, -0.15) is 0 Å². The van der Waals surface area contributed by atoms with E-state index in [1.54, 1.807) is 0 Å². The number of benzene rings is 1. The predicted molar refractivity (Wildman–Crippen MR) is 170 cm³/mol. The van der Waals surface area contributed by atoms with Crippen LogP contribution in [0.25, 0.3) is 10.9 Å². The maximum Gasteiger partial charge on any atom is 0.254 e. The van der Waals surface area contributed by atoms with Gasteiger partial charge in [-0.05, 0) is 57.2 Å². The Bertz CT molecular complexity index is 1430. The molecular weight excluding hydrogens is 550 g/mol. The number of fused-ring (bicyclic) bond motifs is 1. The van der Waals surface area contributed by atoms with Crippen molar-refractivity contribution in [3.05, 3.63) is 68.8 Å². The van der Waals surface area contributed by atoms with Gasteiger partial charge in [-0.3, -0.25) is 14.5 Å². The van der Waals surface area contributed by atoms with Crippen LogP contribution in [-0.4, -0.2) is 80.6 Å². The van der Waals surface area contributed by atoms with Crippen LogP contribution in [0.1, 0.15) is 59.6 Å². The van der Waals surface area contributed by atoms with Gasteiger partial charge < -0.3 is 19.6 Å². The molecule has 0 aliphatic carbocycles. The third-order valence-corrected chi connectivity index (χ3v) is 9.84. The zero-order valence-electron chi connectivity index (χ0n) is 25.8. The summed E-state index contributed by atoms with van der Waals surface area (Å²) < 4.78 is 22.8. The van der Waals surface area contributed by atoms with E-state index in [0.29, 0.717) is 22.8 Å². The van der Waals surface area contributed by atoms with Gasteiger partial charge >= 0.3 is 0 Å². The van der Waals surface area contributed by atoms with Crippen LogP contribution < -0.4 is 10.9 Å². The molecular formula is C32H47N5O4S. The van der Waals surface area contributed by atoms with E-state index in [0.717, 1.165) is 93.2 Å². The summed E-state index contributed by atoms with van der Waals surface area (Å²) in [5.74, 6) is 0.961. The lowest BCUT2D eigenvalue weighted by Crippen LogP contribution is -2.42. The van der Waals surface area contributed by atoms with Crippen molar-refractivity contribution in [1.82, 2.24) is 24.1 Å². The highest BCUT2D eigenvalue weighted by Crippen LogP contribution is 2.29. The largest absolute Gasteiger partial charge is 0.379 e. The SMILES string of the molecule is CC.Cc1cc(C)c(CNC(=O)c2c(C)n(CC3CCN(S(=O)CCN4CCOCC4)CC3)c3ccccc23)c(=O)[nH]1. The monoisotopic (exact) mass is 597 g/mol. The number of pyridine rings is 1. The van der Waals surface area contributed by atoms with Crippen LogP contribution in [0, 0.1) is 26.7 Å². The number of carbonyl (C=O) groups is 1. The topological polar surface area (TPSA) is 99.7 Å².